The lowest BCUT2D eigenvalue weighted by molar-refractivity contribution is 0.159. The molecule has 0 spiro atoms. The Kier molecular flexibility index (Phi) is 7.52. The highest BCUT2D eigenvalue weighted by Crippen LogP contribution is 2.36. The van der Waals surface area contributed by atoms with Crippen molar-refractivity contribution in [2.45, 2.75) is 36.1 Å². The minimum atomic E-state index is -3.67. The molecule has 2 heterocycles. The SMILES string of the molecule is Cl.O=S(=O)(c1cc(Cl)ccc1Cl)C(C1CCNCC1)N1CCc2ccccc2C1. The zero-order valence-electron chi connectivity index (χ0n) is 16.0. The topological polar surface area (TPSA) is 49.4 Å². The summed E-state index contributed by atoms with van der Waals surface area (Å²) in [4.78, 5) is 2.27. The third-order valence-corrected chi connectivity index (χ3v) is 8.77. The highest BCUT2D eigenvalue weighted by atomic mass is 35.5. The van der Waals surface area contributed by atoms with E-state index in [0.29, 0.717) is 11.6 Å². The Hall–Kier alpha value is -0.820. The minimum absolute atomic E-state index is 0. The first-order valence-corrected chi connectivity index (χ1v) is 12.0. The summed E-state index contributed by atoms with van der Waals surface area (Å²) >= 11 is 12.4. The number of nitrogens with zero attached hydrogens (tertiary/aromatic N) is 1. The number of hydrogen-bond donors (Lipinski definition) is 1. The van der Waals surface area contributed by atoms with Crippen LogP contribution in [0, 0.1) is 5.92 Å². The summed E-state index contributed by atoms with van der Waals surface area (Å²) < 4.78 is 27.6. The Morgan fingerprint density at radius 1 is 1.03 bits per heavy atom. The van der Waals surface area contributed by atoms with Crippen LogP contribution < -0.4 is 5.32 Å². The van der Waals surface area contributed by atoms with Gasteiger partial charge >= 0.3 is 0 Å². The van der Waals surface area contributed by atoms with Gasteiger partial charge in [-0.25, -0.2) is 8.42 Å². The summed E-state index contributed by atoms with van der Waals surface area (Å²) in [6.07, 6.45) is 2.52. The van der Waals surface area contributed by atoms with Gasteiger partial charge in [-0.15, -0.1) is 12.4 Å². The van der Waals surface area contributed by atoms with Crippen molar-refractivity contribution in [3.05, 3.63) is 63.6 Å². The summed E-state index contributed by atoms with van der Waals surface area (Å²) in [7, 11) is -3.67. The van der Waals surface area contributed by atoms with Gasteiger partial charge in [-0.05, 0) is 67.6 Å². The molecule has 0 radical (unpaired) electrons. The van der Waals surface area contributed by atoms with Crippen LogP contribution in [-0.4, -0.2) is 38.3 Å². The van der Waals surface area contributed by atoms with Crippen LogP contribution in [-0.2, 0) is 22.8 Å². The summed E-state index contributed by atoms with van der Waals surface area (Å²) in [5.74, 6) is 0.0616. The average Bonchev–Trinajstić information content (AvgIpc) is 2.70. The maximum Gasteiger partial charge on any atom is 0.196 e. The Morgan fingerprint density at radius 3 is 2.45 bits per heavy atom. The molecule has 1 saturated heterocycles. The molecule has 0 saturated carbocycles. The number of hydrogen-bond acceptors (Lipinski definition) is 4. The van der Waals surface area contributed by atoms with Crippen LogP contribution >= 0.6 is 35.6 Å². The zero-order valence-corrected chi connectivity index (χ0v) is 19.1. The largest absolute Gasteiger partial charge is 0.317 e. The van der Waals surface area contributed by atoms with Gasteiger partial charge in [0.05, 0.1) is 9.92 Å². The van der Waals surface area contributed by atoms with Crippen LogP contribution in [0.2, 0.25) is 10.0 Å². The van der Waals surface area contributed by atoms with Gasteiger partial charge in [-0.1, -0.05) is 47.5 Å². The van der Waals surface area contributed by atoms with E-state index in [0.717, 1.165) is 38.9 Å². The van der Waals surface area contributed by atoms with Crippen LogP contribution in [0.5, 0.6) is 0 Å². The van der Waals surface area contributed by atoms with Gasteiger partial charge in [0.25, 0.3) is 0 Å². The monoisotopic (exact) mass is 474 g/mol. The number of rotatable bonds is 4. The normalized spacial score (nSPS) is 19.2. The summed E-state index contributed by atoms with van der Waals surface area (Å²) in [6.45, 7) is 3.04. The lowest BCUT2D eigenvalue weighted by Gasteiger charge is -2.40. The second kappa shape index (κ2) is 9.54. The van der Waals surface area contributed by atoms with Crippen molar-refractivity contribution in [2.75, 3.05) is 19.6 Å². The number of fused-ring (bicyclic) bond motifs is 1. The minimum Gasteiger partial charge on any atom is -0.317 e. The fourth-order valence-corrected chi connectivity index (χ4v) is 7.36. The molecule has 1 N–H and O–H groups in total. The molecule has 4 rings (SSSR count). The lowest BCUT2D eigenvalue weighted by atomic mass is 9.94. The number of nitrogens with one attached hydrogen (secondary N) is 1. The van der Waals surface area contributed by atoms with Crippen molar-refractivity contribution in [2.24, 2.45) is 5.92 Å². The highest BCUT2D eigenvalue weighted by Gasteiger charge is 2.41. The van der Waals surface area contributed by atoms with Crippen LogP contribution in [0.4, 0.5) is 0 Å². The average molecular weight is 476 g/mol. The van der Waals surface area contributed by atoms with Crippen molar-refractivity contribution in [1.29, 1.82) is 0 Å². The molecular weight excluding hydrogens is 451 g/mol. The molecule has 2 aliphatic rings. The number of sulfone groups is 1. The number of piperidine rings is 1. The Balaban J connectivity index is 0.00000240. The van der Waals surface area contributed by atoms with Crippen LogP contribution in [0.25, 0.3) is 0 Å². The molecule has 0 aliphatic carbocycles. The quantitative estimate of drug-likeness (QED) is 0.703. The third kappa shape index (κ3) is 4.76. The van der Waals surface area contributed by atoms with Crippen LogP contribution in [0.15, 0.2) is 47.4 Å². The maximum absolute atomic E-state index is 13.8. The molecule has 2 aliphatic heterocycles. The standard InChI is InChI=1S/C21H24Cl2N2O2S.ClH/c22-18-5-6-19(23)20(13-18)28(26,27)21(16-7-10-24-11-8-16)25-12-9-15-3-1-2-4-17(15)14-25;/h1-6,13,16,21,24H,7-12,14H2;1H. The van der Waals surface area contributed by atoms with E-state index in [1.165, 1.54) is 17.2 Å². The summed E-state index contributed by atoms with van der Waals surface area (Å²) in [6, 6.07) is 13.0. The van der Waals surface area contributed by atoms with Gasteiger partial charge in [0.15, 0.2) is 9.84 Å². The molecule has 0 bridgehead atoms. The second-order valence-corrected chi connectivity index (χ2v) is 10.4. The zero-order chi connectivity index (χ0) is 19.7. The van der Waals surface area contributed by atoms with Crippen molar-refractivity contribution < 1.29 is 8.42 Å². The van der Waals surface area contributed by atoms with Crippen LogP contribution in [0.1, 0.15) is 24.0 Å². The highest BCUT2D eigenvalue weighted by molar-refractivity contribution is 7.92. The first kappa shape index (κ1) is 22.9. The van der Waals surface area contributed by atoms with E-state index in [1.807, 2.05) is 12.1 Å². The fourth-order valence-electron chi connectivity index (χ4n) is 4.44. The number of halogens is 3. The van der Waals surface area contributed by atoms with Crippen LogP contribution in [0.3, 0.4) is 0 Å². The van der Waals surface area contributed by atoms with Crippen molar-refractivity contribution in [3.8, 4) is 0 Å². The molecule has 4 nitrogen and oxygen atoms in total. The molecule has 0 aromatic heterocycles. The van der Waals surface area contributed by atoms with Crippen molar-refractivity contribution >= 4 is 45.4 Å². The second-order valence-electron chi connectivity index (χ2n) is 7.59. The van der Waals surface area contributed by atoms with Crippen molar-refractivity contribution in [3.63, 3.8) is 0 Å². The Labute approximate surface area is 188 Å². The first-order chi connectivity index (χ1) is 13.5. The fraction of sp³-hybridized carbons (Fsp3) is 0.429. The van der Waals surface area contributed by atoms with E-state index in [4.69, 9.17) is 23.2 Å². The van der Waals surface area contributed by atoms with E-state index in [2.05, 4.69) is 22.3 Å². The Bertz CT molecular complexity index is 962. The molecule has 0 amide bonds. The van der Waals surface area contributed by atoms with E-state index in [-0.39, 0.29) is 28.2 Å². The number of benzene rings is 2. The van der Waals surface area contributed by atoms with Gasteiger partial charge in [0.1, 0.15) is 5.37 Å². The maximum atomic E-state index is 13.8. The summed E-state index contributed by atoms with van der Waals surface area (Å²) in [5.41, 5.74) is 2.51. The van der Waals surface area contributed by atoms with Gasteiger partial charge in [0, 0.05) is 18.1 Å². The molecule has 29 heavy (non-hydrogen) atoms. The first-order valence-electron chi connectivity index (χ1n) is 9.67. The molecule has 2 aromatic rings. The van der Waals surface area contributed by atoms with Gasteiger partial charge < -0.3 is 5.32 Å². The lowest BCUT2D eigenvalue weighted by Crippen LogP contribution is -2.50. The predicted octanol–water partition coefficient (Wildman–Crippen LogP) is 4.57. The molecular formula is C21H25Cl3N2O2S. The van der Waals surface area contributed by atoms with E-state index in [9.17, 15) is 8.42 Å². The summed E-state index contributed by atoms with van der Waals surface area (Å²) in [5, 5.41) is 3.36. The van der Waals surface area contributed by atoms with Crippen molar-refractivity contribution in [1.82, 2.24) is 10.2 Å². The van der Waals surface area contributed by atoms with E-state index >= 15 is 0 Å². The molecule has 1 atom stereocenters. The predicted molar refractivity (Wildman–Crippen MR) is 121 cm³/mol. The molecule has 1 unspecified atom stereocenters. The van der Waals surface area contributed by atoms with Gasteiger partial charge in [0.2, 0.25) is 0 Å². The van der Waals surface area contributed by atoms with E-state index in [1.54, 1.807) is 12.1 Å². The molecule has 8 heteroatoms. The van der Waals surface area contributed by atoms with E-state index < -0.39 is 15.2 Å². The Morgan fingerprint density at radius 2 is 1.72 bits per heavy atom. The molecule has 158 valence electrons. The smallest absolute Gasteiger partial charge is 0.196 e. The molecule has 1 fully saturated rings. The van der Waals surface area contributed by atoms with Gasteiger partial charge in [-0.2, -0.15) is 0 Å². The third-order valence-electron chi connectivity index (χ3n) is 5.82. The van der Waals surface area contributed by atoms with Gasteiger partial charge in [-0.3, -0.25) is 4.90 Å². The molecule has 2 aromatic carbocycles.